The normalized spacial score (nSPS) is 12.1. The highest BCUT2D eigenvalue weighted by Gasteiger charge is 2.26. The molecule has 0 saturated carbocycles. The summed E-state index contributed by atoms with van der Waals surface area (Å²) in [4.78, 5) is 12.7. The van der Waals surface area contributed by atoms with Gasteiger partial charge in [0.2, 0.25) is 0 Å². The Bertz CT molecular complexity index is 1530. The zero-order valence-electron chi connectivity index (χ0n) is 20.2. The molecule has 34 heavy (non-hydrogen) atoms. The second-order valence-electron chi connectivity index (χ2n) is 9.01. The Labute approximate surface area is 196 Å². The quantitative estimate of drug-likeness (QED) is 0.351. The van der Waals surface area contributed by atoms with E-state index in [1.54, 1.807) is 25.6 Å². The first-order chi connectivity index (χ1) is 16.1. The van der Waals surface area contributed by atoms with E-state index in [9.17, 15) is 5.11 Å². The smallest absolute Gasteiger partial charge is 0.144 e. The van der Waals surface area contributed by atoms with Crippen LogP contribution >= 0.6 is 0 Å². The van der Waals surface area contributed by atoms with Gasteiger partial charge in [0.25, 0.3) is 0 Å². The molecular formula is C24H27N7O3. The summed E-state index contributed by atoms with van der Waals surface area (Å²) in [7, 11) is 3.46. The van der Waals surface area contributed by atoms with Crippen LogP contribution in [0.1, 0.15) is 36.8 Å². The van der Waals surface area contributed by atoms with E-state index in [1.807, 2.05) is 46.1 Å². The third-order valence-electron chi connectivity index (χ3n) is 5.85. The Balaban J connectivity index is 1.75. The molecule has 5 aromatic rings. The number of aromatic nitrogens is 6. The van der Waals surface area contributed by atoms with Crippen molar-refractivity contribution in [2.75, 3.05) is 12.4 Å². The van der Waals surface area contributed by atoms with Gasteiger partial charge in [-0.1, -0.05) is 5.16 Å². The first kappa shape index (κ1) is 21.9. The standard InChI is InChI=1S/C24H27N7O3/c1-11-19(12(2)34-30-11)15-8-16-14(9-18(15)33-7)20-22(27-16)25-13(3)26-23(20)28-17-10-31(6)29-21(17)24(4,5)32/h8-10,32H,1-7H3,(H2,25,26,27,28). The van der Waals surface area contributed by atoms with Gasteiger partial charge >= 0.3 is 0 Å². The van der Waals surface area contributed by atoms with E-state index in [1.165, 1.54) is 0 Å². The van der Waals surface area contributed by atoms with Gasteiger partial charge in [-0.15, -0.1) is 0 Å². The van der Waals surface area contributed by atoms with Gasteiger partial charge in [-0.05, 0) is 46.8 Å². The fraction of sp³-hybridized carbons (Fsp3) is 0.333. The molecule has 0 aliphatic carbocycles. The fourth-order valence-electron chi connectivity index (χ4n) is 4.42. The molecule has 4 heterocycles. The minimum atomic E-state index is -1.13. The van der Waals surface area contributed by atoms with Crippen LogP contribution in [0.25, 0.3) is 33.1 Å². The predicted molar refractivity (Wildman–Crippen MR) is 129 cm³/mol. The van der Waals surface area contributed by atoms with Crippen molar-refractivity contribution in [1.29, 1.82) is 0 Å². The molecular weight excluding hydrogens is 434 g/mol. The van der Waals surface area contributed by atoms with Crippen LogP contribution in [0.15, 0.2) is 22.9 Å². The minimum Gasteiger partial charge on any atom is -0.496 e. The largest absolute Gasteiger partial charge is 0.496 e. The molecule has 0 unspecified atom stereocenters. The van der Waals surface area contributed by atoms with Crippen molar-refractivity contribution >= 4 is 33.4 Å². The second-order valence-corrected chi connectivity index (χ2v) is 9.01. The van der Waals surface area contributed by atoms with Gasteiger partial charge in [0.1, 0.15) is 40.1 Å². The number of nitrogens with one attached hydrogen (secondary N) is 2. The third-order valence-corrected chi connectivity index (χ3v) is 5.85. The highest BCUT2D eigenvalue weighted by atomic mass is 16.5. The lowest BCUT2D eigenvalue weighted by atomic mass is 10.0. The molecule has 0 radical (unpaired) electrons. The molecule has 0 amide bonds. The van der Waals surface area contributed by atoms with Crippen LogP contribution in [0.2, 0.25) is 0 Å². The average molecular weight is 462 g/mol. The molecule has 1 aromatic carbocycles. The van der Waals surface area contributed by atoms with Crippen LogP contribution in [0.5, 0.6) is 5.75 Å². The molecule has 10 nitrogen and oxygen atoms in total. The Morgan fingerprint density at radius 1 is 1.18 bits per heavy atom. The summed E-state index contributed by atoms with van der Waals surface area (Å²) < 4.78 is 12.8. The summed E-state index contributed by atoms with van der Waals surface area (Å²) >= 11 is 0. The Kier molecular flexibility index (Phi) is 4.87. The molecule has 4 aromatic heterocycles. The molecule has 0 aliphatic heterocycles. The number of aryl methyl sites for hydroxylation is 4. The Morgan fingerprint density at radius 2 is 1.94 bits per heavy atom. The van der Waals surface area contributed by atoms with E-state index >= 15 is 0 Å². The third kappa shape index (κ3) is 3.47. The summed E-state index contributed by atoms with van der Waals surface area (Å²) in [6.07, 6.45) is 1.82. The van der Waals surface area contributed by atoms with Gasteiger partial charge in [-0.25, -0.2) is 9.97 Å². The van der Waals surface area contributed by atoms with Crippen LogP contribution in [0.3, 0.4) is 0 Å². The van der Waals surface area contributed by atoms with Crippen molar-refractivity contribution in [2.24, 2.45) is 7.05 Å². The zero-order valence-corrected chi connectivity index (χ0v) is 20.2. The number of hydrogen-bond donors (Lipinski definition) is 3. The SMILES string of the molecule is COc1cc2c(cc1-c1c(C)noc1C)[nH]c1nc(C)nc(Nc3cn(C)nc3C(C)(C)O)c12. The molecule has 10 heteroatoms. The van der Waals surface area contributed by atoms with E-state index < -0.39 is 5.60 Å². The molecule has 5 rings (SSSR count). The number of anilines is 2. The maximum atomic E-state index is 10.6. The van der Waals surface area contributed by atoms with Gasteiger partial charge in [-0.2, -0.15) is 5.10 Å². The molecule has 0 aliphatic rings. The maximum Gasteiger partial charge on any atom is 0.144 e. The zero-order chi connectivity index (χ0) is 24.4. The lowest BCUT2D eigenvalue weighted by molar-refractivity contribution is 0.0739. The van der Waals surface area contributed by atoms with E-state index in [4.69, 9.17) is 9.26 Å². The van der Waals surface area contributed by atoms with Crippen LogP contribution in [-0.2, 0) is 12.6 Å². The lowest BCUT2D eigenvalue weighted by Gasteiger charge is -2.17. The number of ether oxygens (including phenoxy) is 1. The van der Waals surface area contributed by atoms with E-state index in [2.05, 4.69) is 30.5 Å². The van der Waals surface area contributed by atoms with E-state index in [-0.39, 0.29) is 0 Å². The van der Waals surface area contributed by atoms with Crippen molar-refractivity contribution in [2.45, 2.75) is 40.2 Å². The van der Waals surface area contributed by atoms with Crippen molar-refractivity contribution in [3.8, 4) is 16.9 Å². The number of aliphatic hydroxyl groups is 1. The fourth-order valence-corrected chi connectivity index (χ4v) is 4.42. The number of benzene rings is 1. The maximum absolute atomic E-state index is 10.6. The number of nitrogens with zero attached hydrogens (tertiary/aromatic N) is 5. The first-order valence-corrected chi connectivity index (χ1v) is 10.9. The monoisotopic (exact) mass is 461 g/mol. The van der Waals surface area contributed by atoms with Gasteiger partial charge in [0.15, 0.2) is 0 Å². The summed E-state index contributed by atoms with van der Waals surface area (Å²) in [5.74, 6) is 2.63. The first-order valence-electron chi connectivity index (χ1n) is 10.9. The van der Waals surface area contributed by atoms with Crippen molar-refractivity contribution in [3.05, 3.63) is 41.3 Å². The minimum absolute atomic E-state index is 0.525. The predicted octanol–water partition coefficient (Wildman–Crippen LogP) is 4.40. The summed E-state index contributed by atoms with van der Waals surface area (Å²) in [6, 6.07) is 3.99. The van der Waals surface area contributed by atoms with Crippen LogP contribution in [0, 0.1) is 20.8 Å². The van der Waals surface area contributed by atoms with Crippen molar-refractivity contribution < 1.29 is 14.4 Å². The summed E-state index contributed by atoms with van der Waals surface area (Å²) in [5, 5.41) is 24.2. The topological polar surface area (TPSA) is 127 Å². The Morgan fingerprint density at radius 3 is 2.59 bits per heavy atom. The van der Waals surface area contributed by atoms with Crippen LogP contribution in [0.4, 0.5) is 11.5 Å². The van der Waals surface area contributed by atoms with Gasteiger partial charge in [0.05, 0.1) is 29.4 Å². The number of aromatic amines is 1. The number of H-pyrrole nitrogens is 1. The van der Waals surface area contributed by atoms with Gasteiger partial charge < -0.3 is 24.7 Å². The van der Waals surface area contributed by atoms with Gasteiger partial charge in [-0.3, -0.25) is 4.68 Å². The van der Waals surface area contributed by atoms with Crippen molar-refractivity contribution in [3.63, 3.8) is 0 Å². The number of fused-ring (bicyclic) bond motifs is 3. The molecule has 0 fully saturated rings. The molecule has 0 atom stereocenters. The number of rotatable bonds is 5. The van der Waals surface area contributed by atoms with Crippen LogP contribution < -0.4 is 10.1 Å². The molecule has 3 N–H and O–H groups in total. The molecule has 176 valence electrons. The molecule has 0 saturated heterocycles. The number of hydrogen-bond acceptors (Lipinski definition) is 8. The van der Waals surface area contributed by atoms with Gasteiger partial charge in [0, 0.05) is 29.7 Å². The summed E-state index contributed by atoms with van der Waals surface area (Å²) in [6.45, 7) is 9.04. The highest BCUT2D eigenvalue weighted by Crippen LogP contribution is 2.41. The molecule has 0 spiro atoms. The Hall–Kier alpha value is -3.92. The van der Waals surface area contributed by atoms with E-state index in [0.29, 0.717) is 34.4 Å². The van der Waals surface area contributed by atoms with Crippen molar-refractivity contribution in [1.82, 2.24) is 29.9 Å². The van der Waals surface area contributed by atoms with Crippen LogP contribution in [-0.4, -0.2) is 42.1 Å². The highest BCUT2D eigenvalue weighted by molar-refractivity contribution is 6.13. The second kappa shape index (κ2) is 7.56. The number of methoxy groups -OCH3 is 1. The van der Waals surface area contributed by atoms with E-state index in [0.717, 1.165) is 38.9 Å². The average Bonchev–Trinajstić information content (AvgIpc) is 3.40. The lowest BCUT2D eigenvalue weighted by Crippen LogP contribution is -2.18. The summed E-state index contributed by atoms with van der Waals surface area (Å²) in [5.41, 5.74) is 4.22. The molecule has 0 bridgehead atoms.